The number of hydrogen-bond acceptors (Lipinski definition) is 4. The molecule has 6 nitrogen and oxygen atoms in total. The molecule has 134 valence electrons. The van der Waals surface area contributed by atoms with E-state index in [2.05, 4.69) is 10.6 Å². The number of carbonyl (C=O) groups excluding carboxylic acids is 2. The molecule has 1 fully saturated rings. The van der Waals surface area contributed by atoms with Gasteiger partial charge in [0.15, 0.2) is 0 Å². The third-order valence-electron chi connectivity index (χ3n) is 3.62. The third kappa shape index (κ3) is 6.02. The van der Waals surface area contributed by atoms with Crippen LogP contribution in [0.15, 0.2) is 18.2 Å². The standard InChI is InChI=1S/C17H25N3O3.ClH/c1-4-23-15-9-13(17(22)20(2)3)7-8-14(15)19-16(21)11-18-10-12-5-6-12;/h7-9,12,18H,4-6,10-11H2,1-3H3,(H,19,21);1H. The topological polar surface area (TPSA) is 70.7 Å². The number of rotatable bonds is 8. The minimum absolute atomic E-state index is 0. The largest absolute Gasteiger partial charge is 0.492 e. The van der Waals surface area contributed by atoms with E-state index in [0.717, 1.165) is 12.5 Å². The molecule has 2 rings (SSSR count). The first-order valence-corrected chi connectivity index (χ1v) is 8.00. The van der Waals surface area contributed by atoms with Gasteiger partial charge >= 0.3 is 0 Å². The van der Waals surface area contributed by atoms with Gasteiger partial charge in [-0.2, -0.15) is 0 Å². The van der Waals surface area contributed by atoms with Crippen LogP contribution in [-0.2, 0) is 4.79 Å². The highest BCUT2D eigenvalue weighted by Gasteiger charge is 2.20. The second kappa shape index (κ2) is 9.49. The van der Waals surface area contributed by atoms with Crippen molar-refractivity contribution in [3.8, 4) is 5.75 Å². The van der Waals surface area contributed by atoms with Crippen LogP contribution in [0.1, 0.15) is 30.1 Å². The smallest absolute Gasteiger partial charge is 0.253 e. The van der Waals surface area contributed by atoms with Crippen molar-refractivity contribution in [2.45, 2.75) is 19.8 Å². The first-order valence-electron chi connectivity index (χ1n) is 8.00. The van der Waals surface area contributed by atoms with Gasteiger partial charge in [-0.05, 0) is 50.4 Å². The minimum Gasteiger partial charge on any atom is -0.492 e. The van der Waals surface area contributed by atoms with E-state index in [-0.39, 0.29) is 30.8 Å². The summed E-state index contributed by atoms with van der Waals surface area (Å²) in [5.41, 5.74) is 1.11. The maximum atomic E-state index is 12.0. The number of benzene rings is 1. The Morgan fingerprint density at radius 2 is 2.00 bits per heavy atom. The number of hydrogen-bond donors (Lipinski definition) is 2. The van der Waals surface area contributed by atoms with E-state index in [9.17, 15) is 9.59 Å². The Kier molecular flexibility index (Phi) is 8.01. The SMILES string of the molecule is CCOc1cc(C(=O)N(C)C)ccc1NC(=O)CNCC1CC1.Cl. The fraction of sp³-hybridized carbons (Fsp3) is 0.529. The van der Waals surface area contributed by atoms with Crippen LogP contribution >= 0.6 is 12.4 Å². The van der Waals surface area contributed by atoms with Gasteiger partial charge < -0.3 is 20.3 Å². The zero-order chi connectivity index (χ0) is 16.8. The average molecular weight is 356 g/mol. The highest BCUT2D eigenvalue weighted by Crippen LogP contribution is 2.28. The quantitative estimate of drug-likeness (QED) is 0.749. The van der Waals surface area contributed by atoms with Crippen molar-refractivity contribution >= 4 is 29.9 Å². The van der Waals surface area contributed by atoms with Gasteiger partial charge in [-0.25, -0.2) is 0 Å². The third-order valence-corrected chi connectivity index (χ3v) is 3.62. The van der Waals surface area contributed by atoms with Gasteiger partial charge in [0.2, 0.25) is 5.91 Å². The summed E-state index contributed by atoms with van der Waals surface area (Å²) in [4.78, 5) is 25.5. The molecule has 1 aromatic rings. The molecule has 0 radical (unpaired) electrons. The van der Waals surface area contributed by atoms with E-state index < -0.39 is 0 Å². The normalized spacial score (nSPS) is 13.0. The molecule has 1 aliphatic carbocycles. The molecule has 1 aromatic carbocycles. The molecular weight excluding hydrogens is 330 g/mol. The molecule has 0 bridgehead atoms. The number of nitrogens with zero attached hydrogens (tertiary/aromatic N) is 1. The van der Waals surface area contributed by atoms with Crippen LogP contribution in [0.3, 0.4) is 0 Å². The van der Waals surface area contributed by atoms with Crippen molar-refractivity contribution in [2.75, 3.05) is 39.1 Å². The van der Waals surface area contributed by atoms with E-state index in [1.165, 1.54) is 17.7 Å². The van der Waals surface area contributed by atoms with Gasteiger partial charge in [-0.3, -0.25) is 9.59 Å². The van der Waals surface area contributed by atoms with Crippen molar-refractivity contribution in [1.82, 2.24) is 10.2 Å². The summed E-state index contributed by atoms with van der Waals surface area (Å²) >= 11 is 0. The average Bonchev–Trinajstić information content (AvgIpc) is 3.32. The second-order valence-corrected chi connectivity index (χ2v) is 5.97. The van der Waals surface area contributed by atoms with Crippen LogP contribution < -0.4 is 15.4 Å². The summed E-state index contributed by atoms with van der Waals surface area (Å²) in [5, 5.41) is 5.98. The van der Waals surface area contributed by atoms with Crippen LogP contribution in [0, 0.1) is 5.92 Å². The Balaban J connectivity index is 0.00000288. The Labute approximate surface area is 149 Å². The monoisotopic (exact) mass is 355 g/mol. The first-order chi connectivity index (χ1) is 11.0. The van der Waals surface area contributed by atoms with Gasteiger partial charge in [-0.1, -0.05) is 0 Å². The highest BCUT2D eigenvalue weighted by molar-refractivity contribution is 5.97. The molecule has 0 aromatic heterocycles. The van der Waals surface area contributed by atoms with E-state index in [0.29, 0.717) is 23.6 Å². The lowest BCUT2D eigenvalue weighted by Crippen LogP contribution is -2.29. The number of halogens is 1. The molecule has 7 heteroatoms. The van der Waals surface area contributed by atoms with Crippen LogP contribution in [0.5, 0.6) is 5.75 Å². The van der Waals surface area contributed by atoms with Crippen molar-refractivity contribution < 1.29 is 14.3 Å². The highest BCUT2D eigenvalue weighted by atomic mass is 35.5. The maximum Gasteiger partial charge on any atom is 0.253 e. The number of amides is 2. The lowest BCUT2D eigenvalue weighted by molar-refractivity contribution is -0.115. The zero-order valence-corrected chi connectivity index (χ0v) is 15.2. The molecule has 0 saturated heterocycles. The minimum atomic E-state index is -0.113. The fourth-order valence-electron chi connectivity index (χ4n) is 2.20. The molecule has 2 amide bonds. The maximum absolute atomic E-state index is 12.0. The summed E-state index contributed by atoms with van der Waals surface area (Å²) < 4.78 is 5.56. The zero-order valence-electron chi connectivity index (χ0n) is 14.4. The Morgan fingerprint density at radius 1 is 1.29 bits per heavy atom. The molecule has 2 N–H and O–H groups in total. The number of nitrogens with one attached hydrogen (secondary N) is 2. The summed E-state index contributed by atoms with van der Waals surface area (Å²) in [5.74, 6) is 1.03. The molecule has 0 atom stereocenters. The van der Waals surface area contributed by atoms with Crippen LogP contribution in [0.25, 0.3) is 0 Å². The lowest BCUT2D eigenvalue weighted by atomic mass is 10.1. The van der Waals surface area contributed by atoms with Crippen LogP contribution in [0.4, 0.5) is 5.69 Å². The predicted octanol–water partition coefficient (Wildman–Crippen LogP) is 2.15. The van der Waals surface area contributed by atoms with Gasteiger partial charge in [0, 0.05) is 19.7 Å². The summed E-state index contributed by atoms with van der Waals surface area (Å²) in [6, 6.07) is 5.07. The number of ether oxygens (including phenoxy) is 1. The molecule has 24 heavy (non-hydrogen) atoms. The molecule has 0 heterocycles. The van der Waals surface area contributed by atoms with Crippen LogP contribution in [0.2, 0.25) is 0 Å². The summed E-state index contributed by atoms with van der Waals surface area (Å²) in [7, 11) is 3.40. The van der Waals surface area contributed by atoms with E-state index in [4.69, 9.17) is 4.74 Å². The molecule has 0 aliphatic heterocycles. The first kappa shape index (κ1) is 20.3. The van der Waals surface area contributed by atoms with E-state index >= 15 is 0 Å². The van der Waals surface area contributed by atoms with Gasteiger partial charge in [0.05, 0.1) is 18.8 Å². The van der Waals surface area contributed by atoms with Crippen molar-refractivity contribution in [3.63, 3.8) is 0 Å². The predicted molar refractivity (Wildman–Crippen MR) is 97.1 cm³/mol. The number of anilines is 1. The van der Waals surface area contributed by atoms with E-state index in [1.807, 2.05) is 6.92 Å². The summed E-state index contributed by atoms with van der Waals surface area (Å²) in [6.07, 6.45) is 2.51. The van der Waals surface area contributed by atoms with Gasteiger partial charge in [0.25, 0.3) is 5.91 Å². The summed E-state index contributed by atoms with van der Waals surface area (Å²) in [6.45, 7) is 3.49. The molecular formula is C17H26ClN3O3. The van der Waals surface area contributed by atoms with Gasteiger partial charge in [-0.15, -0.1) is 12.4 Å². The fourth-order valence-corrected chi connectivity index (χ4v) is 2.20. The lowest BCUT2D eigenvalue weighted by Gasteiger charge is -2.15. The molecule has 1 aliphatic rings. The Morgan fingerprint density at radius 3 is 2.58 bits per heavy atom. The Bertz CT molecular complexity index is 574. The van der Waals surface area contributed by atoms with Crippen LogP contribution in [-0.4, -0.2) is 50.5 Å². The molecule has 0 unspecified atom stereocenters. The van der Waals surface area contributed by atoms with Crippen molar-refractivity contribution in [1.29, 1.82) is 0 Å². The number of carbonyl (C=O) groups is 2. The Hall–Kier alpha value is -1.79. The molecule has 0 spiro atoms. The van der Waals surface area contributed by atoms with Gasteiger partial charge in [0.1, 0.15) is 5.75 Å². The second-order valence-electron chi connectivity index (χ2n) is 5.97. The van der Waals surface area contributed by atoms with E-state index in [1.54, 1.807) is 32.3 Å². The molecule has 1 saturated carbocycles. The van der Waals surface area contributed by atoms with Crippen molar-refractivity contribution in [2.24, 2.45) is 5.92 Å². The van der Waals surface area contributed by atoms with Crippen molar-refractivity contribution in [3.05, 3.63) is 23.8 Å².